The van der Waals surface area contributed by atoms with Gasteiger partial charge in [0, 0.05) is 25.2 Å². The van der Waals surface area contributed by atoms with Crippen molar-refractivity contribution in [3.05, 3.63) is 11.9 Å². The van der Waals surface area contributed by atoms with Gasteiger partial charge in [-0.3, -0.25) is 0 Å². The Morgan fingerprint density at radius 2 is 2.32 bits per heavy atom. The minimum Gasteiger partial charge on any atom is -0.383 e. The summed E-state index contributed by atoms with van der Waals surface area (Å²) < 4.78 is 5.72. The summed E-state index contributed by atoms with van der Waals surface area (Å²) in [5.74, 6) is 1.66. The number of nitrogens with two attached hydrogens (primary N) is 1. The molecule has 106 valence electrons. The van der Waals surface area contributed by atoms with E-state index < -0.39 is 0 Å². The molecule has 1 aromatic heterocycles. The number of rotatable bonds is 4. The largest absolute Gasteiger partial charge is 0.383 e. The number of likely N-dealkylation sites (N-methyl/N-ethyl adjacent to an activating group) is 1. The van der Waals surface area contributed by atoms with Gasteiger partial charge in [0.25, 0.3) is 0 Å². The number of ether oxygens (including phenoxy) is 1. The summed E-state index contributed by atoms with van der Waals surface area (Å²) in [6.07, 6.45) is 1.69. The van der Waals surface area contributed by atoms with Crippen molar-refractivity contribution >= 4 is 11.6 Å². The highest BCUT2D eigenvalue weighted by Crippen LogP contribution is 2.26. The quantitative estimate of drug-likeness (QED) is 0.843. The second-order valence-electron chi connectivity index (χ2n) is 5.31. The molecule has 0 amide bonds. The molecular formula is C13H23N5O. The molecule has 2 rings (SSSR count). The van der Waals surface area contributed by atoms with Crippen LogP contribution in [0.25, 0.3) is 0 Å². The lowest BCUT2D eigenvalue weighted by Gasteiger charge is -2.30. The lowest BCUT2D eigenvalue weighted by atomic mass is 10.0. The van der Waals surface area contributed by atoms with Crippen molar-refractivity contribution in [2.24, 2.45) is 0 Å². The maximum absolute atomic E-state index is 5.92. The fourth-order valence-corrected chi connectivity index (χ4v) is 2.32. The van der Waals surface area contributed by atoms with E-state index in [9.17, 15) is 0 Å². The number of aromatic nitrogens is 2. The Hall–Kier alpha value is -1.40. The van der Waals surface area contributed by atoms with E-state index in [1.54, 1.807) is 0 Å². The molecule has 0 spiro atoms. The first-order valence-electron chi connectivity index (χ1n) is 6.72. The van der Waals surface area contributed by atoms with E-state index in [4.69, 9.17) is 10.5 Å². The number of anilines is 2. The van der Waals surface area contributed by atoms with Crippen LogP contribution in [0.3, 0.4) is 0 Å². The molecule has 19 heavy (non-hydrogen) atoms. The van der Waals surface area contributed by atoms with Crippen LogP contribution in [0.15, 0.2) is 6.33 Å². The minimum absolute atomic E-state index is 0.190. The first-order valence-corrected chi connectivity index (χ1v) is 6.72. The minimum atomic E-state index is 0.190. The van der Waals surface area contributed by atoms with Crippen LogP contribution in [-0.4, -0.2) is 54.3 Å². The molecule has 6 heteroatoms. The zero-order valence-electron chi connectivity index (χ0n) is 11.9. The van der Waals surface area contributed by atoms with Gasteiger partial charge in [0.05, 0.1) is 12.7 Å². The molecule has 1 aromatic rings. The van der Waals surface area contributed by atoms with Gasteiger partial charge in [0.15, 0.2) is 0 Å². The topological polar surface area (TPSA) is 76.3 Å². The third-order valence-electron chi connectivity index (χ3n) is 3.33. The summed E-state index contributed by atoms with van der Waals surface area (Å²) in [6.45, 7) is 7.63. The van der Waals surface area contributed by atoms with Crippen molar-refractivity contribution in [3.63, 3.8) is 0 Å². The van der Waals surface area contributed by atoms with Crippen LogP contribution in [0.1, 0.15) is 25.3 Å². The molecule has 0 saturated carbocycles. The molecular weight excluding hydrogens is 242 g/mol. The number of nitrogens with zero attached hydrogens (tertiary/aromatic N) is 3. The summed E-state index contributed by atoms with van der Waals surface area (Å²) >= 11 is 0. The van der Waals surface area contributed by atoms with Gasteiger partial charge >= 0.3 is 0 Å². The van der Waals surface area contributed by atoms with Crippen LogP contribution < -0.4 is 11.1 Å². The highest BCUT2D eigenvalue weighted by molar-refractivity contribution is 5.56. The molecule has 6 nitrogen and oxygen atoms in total. The van der Waals surface area contributed by atoms with Gasteiger partial charge in [-0.05, 0) is 13.0 Å². The lowest BCUT2D eigenvalue weighted by molar-refractivity contribution is -0.0117. The third kappa shape index (κ3) is 3.54. The molecule has 0 aromatic carbocycles. The molecule has 1 aliphatic heterocycles. The molecule has 0 bridgehead atoms. The summed E-state index contributed by atoms with van der Waals surface area (Å²) in [4.78, 5) is 10.6. The third-order valence-corrected chi connectivity index (χ3v) is 3.33. The maximum atomic E-state index is 5.92. The number of nitrogen functional groups attached to an aromatic ring is 1. The Morgan fingerprint density at radius 1 is 1.53 bits per heavy atom. The van der Waals surface area contributed by atoms with Gasteiger partial charge in [-0.15, -0.1) is 0 Å². The van der Waals surface area contributed by atoms with Crippen LogP contribution in [0.5, 0.6) is 0 Å². The van der Waals surface area contributed by atoms with E-state index in [1.807, 2.05) is 0 Å². The second kappa shape index (κ2) is 6.16. The average Bonchev–Trinajstić information content (AvgIpc) is 2.36. The molecule has 1 saturated heterocycles. The van der Waals surface area contributed by atoms with E-state index >= 15 is 0 Å². The molecule has 1 unspecified atom stereocenters. The highest BCUT2D eigenvalue weighted by atomic mass is 16.5. The highest BCUT2D eigenvalue weighted by Gasteiger charge is 2.19. The van der Waals surface area contributed by atoms with Crippen molar-refractivity contribution in [2.75, 3.05) is 44.3 Å². The molecule has 1 fully saturated rings. The Kier molecular flexibility index (Phi) is 4.55. The Labute approximate surface area is 114 Å². The van der Waals surface area contributed by atoms with Crippen LogP contribution >= 0.6 is 0 Å². The number of nitrogens with one attached hydrogen (secondary N) is 1. The predicted octanol–water partition coefficient (Wildman–Crippen LogP) is 0.925. The predicted molar refractivity (Wildman–Crippen MR) is 76.3 cm³/mol. The fourth-order valence-electron chi connectivity index (χ4n) is 2.32. The van der Waals surface area contributed by atoms with Crippen molar-refractivity contribution in [3.8, 4) is 0 Å². The first kappa shape index (κ1) is 14.0. The van der Waals surface area contributed by atoms with Gasteiger partial charge in [-0.25, -0.2) is 9.97 Å². The van der Waals surface area contributed by atoms with Crippen molar-refractivity contribution in [1.82, 2.24) is 14.9 Å². The van der Waals surface area contributed by atoms with Crippen LogP contribution in [-0.2, 0) is 4.74 Å². The first-order chi connectivity index (χ1) is 9.08. The molecule has 0 aliphatic carbocycles. The summed E-state index contributed by atoms with van der Waals surface area (Å²) in [5, 5.41) is 3.34. The van der Waals surface area contributed by atoms with Crippen molar-refractivity contribution in [1.29, 1.82) is 0 Å². The molecule has 0 radical (unpaired) electrons. The Balaban J connectivity index is 2.01. The van der Waals surface area contributed by atoms with E-state index in [0.29, 0.717) is 11.7 Å². The summed E-state index contributed by atoms with van der Waals surface area (Å²) in [5.41, 5.74) is 6.90. The number of morpholine rings is 1. The van der Waals surface area contributed by atoms with Crippen LogP contribution in [0, 0.1) is 0 Å². The summed E-state index contributed by atoms with van der Waals surface area (Å²) in [6, 6.07) is 0. The lowest BCUT2D eigenvalue weighted by Crippen LogP contribution is -2.43. The van der Waals surface area contributed by atoms with E-state index in [2.05, 4.69) is 41.1 Å². The van der Waals surface area contributed by atoms with Crippen molar-refractivity contribution in [2.45, 2.75) is 25.9 Å². The van der Waals surface area contributed by atoms with E-state index in [0.717, 1.165) is 37.6 Å². The standard InChI is InChI=1S/C13H23N5O/c1-9(2)11-12(14)16-8-17-13(11)15-6-10-7-18(3)4-5-19-10/h8-10H,4-7H2,1-3H3,(H3,14,15,16,17). The monoisotopic (exact) mass is 265 g/mol. The van der Waals surface area contributed by atoms with Gasteiger partial charge in [0.2, 0.25) is 0 Å². The van der Waals surface area contributed by atoms with Crippen LogP contribution in [0.4, 0.5) is 11.6 Å². The SMILES string of the molecule is CC(C)c1c(N)ncnc1NCC1CN(C)CCO1. The number of hydrogen-bond donors (Lipinski definition) is 2. The smallest absolute Gasteiger partial charge is 0.135 e. The van der Waals surface area contributed by atoms with Gasteiger partial charge < -0.3 is 20.7 Å². The Morgan fingerprint density at radius 3 is 3.00 bits per heavy atom. The van der Waals surface area contributed by atoms with Gasteiger partial charge in [0.1, 0.15) is 18.0 Å². The molecule has 3 N–H and O–H groups in total. The normalized spacial score (nSPS) is 20.7. The van der Waals surface area contributed by atoms with Crippen molar-refractivity contribution < 1.29 is 4.74 Å². The molecule has 1 atom stereocenters. The fraction of sp³-hybridized carbons (Fsp3) is 0.692. The van der Waals surface area contributed by atoms with Gasteiger partial charge in [-0.2, -0.15) is 0 Å². The summed E-state index contributed by atoms with van der Waals surface area (Å²) in [7, 11) is 2.11. The average molecular weight is 265 g/mol. The maximum Gasteiger partial charge on any atom is 0.135 e. The van der Waals surface area contributed by atoms with Gasteiger partial charge in [-0.1, -0.05) is 13.8 Å². The number of hydrogen-bond acceptors (Lipinski definition) is 6. The Bertz CT molecular complexity index is 423. The van der Waals surface area contributed by atoms with E-state index in [1.165, 1.54) is 6.33 Å². The second-order valence-corrected chi connectivity index (χ2v) is 5.31. The van der Waals surface area contributed by atoms with Crippen LogP contribution in [0.2, 0.25) is 0 Å². The molecule has 1 aliphatic rings. The zero-order chi connectivity index (χ0) is 13.8. The van der Waals surface area contributed by atoms with E-state index in [-0.39, 0.29) is 6.10 Å². The molecule has 2 heterocycles. The zero-order valence-corrected chi connectivity index (χ0v) is 11.9.